The second-order valence-electron chi connectivity index (χ2n) is 18.2. The van der Waals surface area contributed by atoms with Crippen molar-refractivity contribution in [2.75, 3.05) is 26.4 Å². The summed E-state index contributed by atoms with van der Waals surface area (Å²) in [7, 11) is 0. The number of ether oxygens (including phenoxy) is 7. The lowest BCUT2D eigenvalue weighted by atomic mass is 9.79. The van der Waals surface area contributed by atoms with Gasteiger partial charge in [0.25, 0.3) is 0 Å². The largest absolute Gasteiger partial charge is 0.494 e. The molecule has 15 nitrogen and oxygen atoms in total. The molecule has 2 fully saturated rings. The van der Waals surface area contributed by atoms with Crippen molar-refractivity contribution in [1.29, 1.82) is 10.5 Å². The Morgan fingerprint density at radius 2 is 0.878 bits per heavy atom. The number of hydrogen-bond acceptors (Lipinski definition) is 17. The molecule has 17 heteroatoms. The van der Waals surface area contributed by atoms with E-state index in [2.05, 4.69) is 13.2 Å². The van der Waals surface area contributed by atoms with E-state index in [1.807, 2.05) is 36.4 Å². The van der Waals surface area contributed by atoms with Crippen LogP contribution in [0.1, 0.15) is 108 Å². The van der Waals surface area contributed by atoms with E-state index in [0.717, 1.165) is 98.4 Å². The molecule has 0 N–H and O–H groups in total. The first kappa shape index (κ1) is 56.5. The van der Waals surface area contributed by atoms with E-state index in [4.69, 9.17) is 33.2 Å². The van der Waals surface area contributed by atoms with Gasteiger partial charge in [-0.05, 0) is 157 Å². The van der Waals surface area contributed by atoms with Crippen molar-refractivity contribution >= 4 is 59.2 Å². The van der Waals surface area contributed by atoms with E-state index in [1.165, 1.54) is 0 Å². The number of carbonyl (C=O) groups is 6. The lowest BCUT2D eigenvalue weighted by Crippen LogP contribution is -2.30. The van der Waals surface area contributed by atoms with Gasteiger partial charge in [0.1, 0.15) is 52.2 Å². The van der Waals surface area contributed by atoms with Crippen molar-refractivity contribution in [1.82, 2.24) is 0 Å². The van der Waals surface area contributed by atoms with Crippen LogP contribution >= 0.6 is 23.5 Å². The average Bonchev–Trinajstić information content (AvgIpc) is 3.88. The van der Waals surface area contributed by atoms with E-state index in [1.54, 1.807) is 36.4 Å². The number of carbonyl (C=O) groups excluding carboxylic acids is 6. The highest BCUT2D eigenvalue weighted by atomic mass is 32.2. The molecule has 0 amide bonds. The van der Waals surface area contributed by atoms with E-state index in [-0.39, 0.29) is 41.2 Å². The Bertz CT molecular complexity index is 2410. The zero-order chi connectivity index (χ0) is 52.7. The van der Waals surface area contributed by atoms with E-state index in [9.17, 15) is 39.3 Å². The number of nitriles is 2. The summed E-state index contributed by atoms with van der Waals surface area (Å²) in [5.41, 5.74) is 0.767. The Morgan fingerprint density at radius 3 is 1.30 bits per heavy atom. The SMILES string of the molecule is C=CC(=O)OCCCCCCOc1ccc(CC(=O)C2CCC(C(=O)Oc3ccc(OC(=O)C4CCC(C(=O)Oc5ccc(OCCCCCCOC(=O)C=C)cc5)CC4)c4c3SC(=C(C#N)C#N)S4)CC2)cc1. The molecule has 3 aromatic carbocycles. The highest BCUT2D eigenvalue weighted by Gasteiger charge is 2.36. The van der Waals surface area contributed by atoms with Crippen LogP contribution in [0.3, 0.4) is 0 Å². The molecule has 6 rings (SSSR count). The van der Waals surface area contributed by atoms with Crippen molar-refractivity contribution in [2.24, 2.45) is 23.7 Å². The van der Waals surface area contributed by atoms with Crippen LogP contribution in [-0.4, -0.2) is 62.1 Å². The normalized spacial score (nSPS) is 17.7. The summed E-state index contributed by atoms with van der Waals surface area (Å²) in [6.07, 6.45) is 13.3. The molecule has 3 aliphatic rings. The van der Waals surface area contributed by atoms with Crippen LogP contribution in [0, 0.1) is 46.3 Å². The number of nitrogens with zero attached hydrogens (tertiary/aromatic N) is 2. The van der Waals surface area contributed by atoms with Gasteiger partial charge in [-0.1, -0.05) is 48.8 Å². The molecule has 2 aliphatic carbocycles. The molecule has 390 valence electrons. The quantitative estimate of drug-likeness (QED) is 0.0228. The van der Waals surface area contributed by atoms with Gasteiger partial charge < -0.3 is 33.2 Å². The molecule has 0 bridgehead atoms. The molecule has 0 spiro atoms. The van der Waals surface area contributed by atoms with Crippen LogP contribution in [0.5, 0.6) is 28.7 Å². The monoisotopic (exact) mass is 1050 g/mol. The second-order valence-corrected chi connectivity index (χ2v) is 20.5. The third-order valence-corrected chi connectivity index (χ3v) is 15.6. The van der Waals surface area contributed by atoms with E-state index < -0.39 is 41.6 Å². The molecule has 1 aliphatic heterocycles. The fraction of sp³-hybridized carbons (Fsp3) is 0.439. The summed E-state index contributed by atoms with van der Waals surface area (Å²) < 4.78 is 39.6. The minimum atomic E-state index is -0.481. The molecule has 0 atom stereocenters. The molecule has 0 radical (unpaired) electrons. The molecule has 0 saturated heterocycles. The summed E-state index contributed by atoms with van der Waals surface area (Å²) in [4.78, 5) is 76.8. The smallest absolute Gasteiger partial charge is 0.330 e. The van der Waals surface area contributed by atoms with Crippen LogP contribution in [0.4, 0.5) is 0 Å². The summed E-state index contributed by atoms with van der Waals surface area (Å²) in [6, 6.07) is 21.3. The number of hydrogen-bond donors (Lipinski definition) is 0. The minimum absolute atomic E-state index is 0.120. The molecule has 3 aromatic rings. The number of fused-ring (bicyclic) bond motifs is 1. The number of benzene rings is 3. The maximum absolute atomic E-state index is 13.6. The van der Waals surface area contributed by atoms with Crippen LogP contribution in [0.25, 0.3) is 0 Å². The molecule has 2 saturated carbocycles. The summed E-state index contributed by atoms with van der Waals surface area (Å²) >= 11 is 2.20. The topological polar surface area (TPSA) is 215 Å². The highest BCUT2D eigenvalue weighted by Crippen LogP contribution is 2.59. The van der Waals surface area contributed by atoms with Crippen LogP contribution in [0.15, 0.2) is 106 Å². The molecule has 74 heavy (non-hydrogen) atoms. The van der Waals surface area contributed by atoms with Crippen molar-refractivity contribution < 1.29 is 61.9 Å². The van der Waals surface area contributed by atoms with Gasteiger partial charge in [-0.15, -0.1) is 0 Å². The number of allylic oxidation sites excluding steroid dienone is 1. The summed E-state index contributed by atoms with van der Waals surface area (Å²) in [5, 5.41) is 19.4. The van der Waals surface area contributed by atoms with E-state index >= 15 is 0 Å². The maximum Gasteiger partial charge on any atom is 0.330 e. The Balaban J connectivity index is 0.925. The Kier molecular flexibility index (Phi) is 22.7. The van der Waals surface area contributed by atoms with E-state index in [0.29, 0.717) is 103 Å². The van der Waals surface area contributed by atoms with Gasteiger partial charge in [0.05, 0.1) is 58.2 Å². The van der Waals surface area contributed by atoms with Crippen molar-refractivity contribution in [2.45, 2.75) is 119 Å². The first-order chi connectivity index (χ1) is 36.0. The van der Waals surface area contributed by atoms with Crippen molar-refractivity contribution in [3.05, 3.63) is 101 Å². The summed E-state index contributed by atoms with van der Waals surface area (Å²) in [6.45, 7) is 8.59. The van der Waals surface area contributed by atoms with Crippen LogP contribution in [0.2, 0.25) is 0 Å². The molecular formula is C57H62N2O13S2. The van der Waals surface area contributed by atoms with Gasteiger partial charge in [0.2, 0.25) is 0 Å². The predicted molar refractivity (Wildman–Crippen MR) is 276 cm³/mol. The van der Waals surface area contributed by atoms with Gasteiger partial charge in [-0.2, -0.15) is 10.5 Å². The molecule has 0 aromatic heterocycles. The standard InChI is InChI=1S/C57H62N2O13S2/c1-3-50(61)68-33-11-7-5-9-31-66-44-23-13-38(14-24-44)35-47(60)39-15-17-41(18-16-39)55(64)71-48-29-30-49(53-52(48)73-57(74-53)43(36-58)37-59)72-56(65)42-21-19-40(20-22-42)54(63)70-46-27-25-45(26-28-46)67-32-10-6-8-12-34-69-51(62)4-2/h3-4,13-14,23-30,39-42H,1-2,5-12,15-22,31-35H2. The second kappa shape index (κ2) is 29.8. The minimum Gasteiger partial charge on any atom is -0.494 e. The highest BCUT2D eigenvalue weighted by molar-refractivity contribution is 8.24. The fourth-order valence-electron chi connectivity index (χ4n) is 8.72. The van der Waals surface area contributed by atoms with Crippen LogP contribution in [-0.2, 0) is 44.7 Å². The summed E-state index contributed by atoms with van der Waals surface area (Å²) in [5.74, 6) is -1.29. The number of esters is 5. The zero-order valence-corrected chi connectivity index (χ0v) is 43.2. The van der Waals surface area contributed by atoms with Gasteiger partial charge in [0, 0.05) is 24.5 Å². The van der Waals surface area contributed by atoms with Gasteiger partial charge in [-0.25, -0.2) is 9.59 Å². The number of thioether (sulfide) groups is 2. The van der Waals surface area contributed by atoms with Gasteiger partial charge >= 0.3 is 29.8 Å². The maximum atomic E-state index is 13.6. The van der Waals surface area contributed by atoms with Gasteiger partial charge in [0.15, 0.2) is 0 Å². The lowest BCUT2D eigenvalue weighted by molar-refractivity contribution is -0.145. The van der Waals surface area contributed by atoms with Crippen molar-refractivity contribution in [3.8, 4) is 40.9 Å². The Labute approximate surface area is 440 Å². The zero-order valence-electron chi connectivity index (χ0n) is 41.5. The third-order valence-electron chi connectivity index (χ3n) is 13.0. The molecule has 1 heterocycles. The Hall–Kier alpha value is -6.82. The first-order valence-corrected chi connectivity index (χ1v) is 26.9. The number of rotatable bonds is 27. The lowest BCUT2D eigenvalue weighted by Gasteiger charge is -2.27. The number of Topliss-reactive ketones (excluding diaryl/α,β-unsaturated/α-hetero) is 1. The molecule has 0 unspecified atom stereocenters. The number of unbranched alkanes of at least 4 members (excludes halogenated alkanes) is 6. The first-order valence-electron chi connectivity index (χ1n) is 25.3. The fourth-order valence-corrected chi connectivity index (χ4v) is 11.2. The predicted octanol–water partition coefficient (Wildman–Crippen LogP) is 11.3. The van der Waals surface area contributed by atoms with Crippen molar-refractivity contribution in [3.63, 3.8) is 0 Å². The van der Waals surface area contributed by atoms with Crippen LogP contribution < -0.4 is 23.7 Å². The third kappa shape index (κ3) is 17.4. The number of ketones is 1. The average molecular weight is 1050 g/mol. The molecular weight excluding hydrogens is 985 g/mol. The van der Waals surface area contributed by atoms with Gasteiger partial charge in [-0.3, -0.25) is 19.2 Å². The Morgan fingerprint density at radius 1 is 0.500 bits per heavy atom.